The molecule has 21 heavy (non-hydrogen) atoms. The van der Waals surface area contributed by atoms with Crippen LogP contribution >= 0.6 is 11.6 Å². The second-order valence-electron chi connectivity index (χ2n) is 4.86. The van der Waals surface area contributed by atoms with E-state index in [9.17, 15) is 4.79 Å². The molecule has 1 heterocycles. The first-order valence-electron chi connectivity index (χ1n) is 6.71. The second kappa shape index (κ2) is 6.78. The molecule has 112 valence electrons. The van der Waals surface area contributed by atoms with Gasteiger partial charge in [-0.1, -0.05) is 23.7 Å². The molecule has 0 aliphatic heterocycles. The number of halogens is 1. The highest BCUT2D eigenvalue weighted by Crippen LogP contribution is 2.23. The minimum atomic E-state index is -0.476. The third-order valence-electron chi connectivity index (χ3n) is 3.29. The van der Waals surface area contributed by atoms with Crippen molar-refractivity contribution in [2.75, 3.05) is 7.11 Å². The van der Waals surface area contributed by atoms with Gasteiger partial charge < -0.3 is 14.5 Å². The molecule has 4 nitrogen and oxygen atoms in total. The van der Waals surface area contributed by atoms with E-state index in [2.05, 4.69) is 10.1 Å². The fraction of sp³-hybridized carbons (Fsp3) is 0.312. The maximum atomic E-state index is 11.4. The Hall–Kier alpha value is -1.78. The minimum Gasteiger partial charge on any atom is -0.463 e. The molecule has 2 atom stereocenters. The van der Waals surface area contributed by atoms with Gasteiger partial charge in [-0.25, -0.2) is 4.79 Å². The fourth-order valence-corrected chi connectivity index (χ4v) is 2.32. The van der Waals surface area contributed by atoms with Crippen LogP contribution in [0, 0.1) is 0 Å². The number of nitrogens with one attached hydrogen (secondary N) is 1. The molecular weight excluding hydrogens is 290 g/mol. The molecule has 0 amide bonds. The van der Waals surface area contributed by atoms with Crippen LogP contribution in [-0.4, -0.2) is 13.1 Å². The van der Waals surface area contributed by atoms with Gasteiger partial charge >= 0.3 is 5.97 Å². The molecule has 0 saturated heterocycles. The third kappa shape index (κ3) is 3.86. The summed E-state index contributed by atoms with van der Waals surface area (Å²) in [5, 5.41) is 4.11. The largest absolute Gasteiger partial charge is 0.463 e. The molecule has 1 unspecified atom stereocenters. The Bertz CT molecular complexity index is 623. The number of furan rings is 1. The summed E-state index contributed by atoms with van der Waals surface area (Å²) in [5.74, 6) is 0.414. The zero-order valence-electron chi connectivity index (χ0n) is 12.2. The first-order chi connectivity index (χ1) is 10.0. The summed E-state index contributed by atoms with van der Waals surface area (Å²) < 4.78 is 10.1. The molecule has 0 aliphatic rings. The van der Waals surface area contributed by atoms with Crippen molar-refractivity contribution in [1.29, 1.82) is 0 Å². The zero-order chi connectivity index (χ0) is 15.4. The van der Waals surface area contributed by atoms with Crippen LogP contribution in [0.15, 0.2) is 40.8 Å². The summed E-state index contributed by atoms with van der Waals surface area (Å²) in [6.45, 7) is 4.02. The smallest absolute Gasteiger partial charge is 0.373 e. The number of rotatable bonds is 5. The Morgan fingerprint density at radius 3 is 2.67 bits per heavy atom. The van der Waals surface area contributed by atoms with Crippen molar-refractivity contribution in [2.24, 2.45) is 0 Å². The Kier molecular flexibility index (Phi) is 5.04. The van der Waals surface area contributed by atoms with Gasteiger partial charge in [-0.3, -0.25) is 0 Å². The Morgan fingerprint density at radius 2 is 2.00 bits per heavy atom. The zero-order valence-corrected chi connectivity index (χ0v) is 13.0. The van der Waals surface area contributed by atoms with E-state index in [4.69, 9.17) is 16.0 Å². The van der Waals surface area contributed by atoms with Crippen molar-refractivity contribution >= 4 is 17.6 Å². The number of hydrogen-bond donors (Lipinski definition) is 1. The van der Waals surface area contributed by atoms with Crippen LogP contribution in [0.3, 0.4) is 0 Å². The molecule has 1 aromatic heterocycles. The van der Waals surface area contributed by atoms with E-state index in [1.54, 1.807) is 12.1 Å². The van der Waals surface area contributed by atoms with E-state index < -0.39 is 5.97 Å². The van der Waals surface area contributed by atoms with Crippen LogP contribution in [0.5, 0.6) is 0 Å². The highest BCUT2D eigenvalue weighted by atomic mass is 35.5. The highest BCUT2D eigenvalue weighted by Gasteiger charge is 2.17. The quantitative estimate of drug-likeness (QED) is 0.844. The summed E-state index contributed by atoms with van der Waals surface area (Å²) in [4.78, 5) is 11.4. The van der Waals surface area contributed by atoms with Crippen molar-refractivity contribution in [3.05, 3.63) is 58.5 Å². The summed E-state index contributed by atoms with van der Waals surface area (Å²) in [6, 6.07) is 11.1. The monoisotopic (exact) mass is 307 g/mol. The number of methoxy groups -OCH3 is 1. The number of ether oxygens (including phenoxy) is 1. The first kappa shape index (κ1) is 15.6. The van der Waals surface area contributed by atoms with E-state index in [-0.39, 0.29) is 17.8 Å². The van der Waals surface area contributed by atoms with E-state index in [0.29, 0.717) is 10.8 Å². The first-order valence-corrected chi connectivity index (χ1v) is 7.08. The molecule has 2 rings (SSSR count). The summed E-state index contributed by atoms with van der Waals surface area (Å²) in [5.41, 5.74) is 1.09. The average molecular weight is 308 g/mol. The van der Waals surface area contributed by atoms with Crippen molar-refractivity contribution in [3.63, 3.8) is 0 Å². The third-order valence-corrected chi connectivity index (χ3v) is 3.52. The van der Waals surface area contributed by atoms with Gasteiger partial charge in [0.25, 0.3) is 0 Å². The van der Waals surface area contributed by atoms with Crippen LogP contribution in [0.1, 0.15) is 47.8 Å². The molecule has 0 fully saturated rings. The van der Waals surface area contributed by atoms with Crippen molar-refractivity contribution in [3.8, 4) is 0 Å². The lowest BCUT2D eigenvalue weighted by atomic mass is 10.1. The van der Waals surface area contributed by atoms with Gasteiger partial charge in [0.15, 0.2) is 0 Å². The van der Waals surface area contributed by atoms with Crippen LogP contribution in [0.25, 0.3) is 0 Å². The lowest BCUT2D eigenvalue weighted by Crippen LogP contribution is -2.22. The lowest BCUT2D eigenvalue weighted by Gasteiger charge is -2.19. The van der Waals surface area contributed by atoms with E-state index in [1.807, 2.05) is 38.1 Å². The van der Waals surface area contributed by atoms with Crippen LogP contribution in [0.2, 0.25) is 5.02 Å². The molecule has 0 aliphatic carbocycles. The molecule has 1 aromatic carbocycles. The summed E-state index contributed by atoms with van der Waals surface area (Å²) >= 11 is 6.00. The van der Waals surface area contributed by atoms with E-state index in [0.717, 1.165) is 5.56 Å². The molecule has 0 spiro atoms. The predicted molar refractivity (Wildman–Crippen MR) is 81.5 cm³/mol. The van der Waals surface area contributed by atoms with Gasteiger partial charge in [0.05, 0.1) is 13.2 Å². The topological polar surface area (TPSA) is 51.5 Å². The Morgan fingerprint density at radius 1 is 1.24 bits per heavy atom. The van der Waals surface area contributed by atoms with E-state index in [1.165, 1.54) is 7.11 Å². The normalized spacial score (nSPS) is 13.7. The Balaban J connectivity index is 2.05. The molecule has 2 aromatic rings. The van der Waals surface area contributed by atoms with Gasteiger partial charge in [0.1, 0.15) is 5.76 Å². The number of hydrogen-bond acceptors (Lipinski definition) is 4. The van der Waals surface area contributed by atoms with Gasteiger partial charge in [-0.2, -0.15) is 0 Å². The SMILES string of the molecule is COC(=O)c1ccc(C(C)N[C@H](C)c2cccc(Cl)c2)o1. The maximum absolute atomic E-state index is 11.4. The van der Waals surface area contributed by atoms with Gasteiger partial charge in [-0.05, 0) is 43.7 Å². The number of benzene rings is 1. The molecule has 0 saturated carbocycles. The number of carbonyl (C=O) groups excluding carboxylic acids is 1. The standard InChI is InChI=1S/C16H18ClNO3/c1-10(12-5-4-6-13(17)9-12)18-11(2)14-7-8-15(21-14)16(19)20-3/h4-11,18H,1-3H3/t10-,11?/m1/s1. The minimum absolute atomic E-state index is 0.0441. The summed E-state index contributed by atoms with van der Waals surface area (Å²) in [6.07, 6.45) is 0. The van der Waals surface area contributed by atoms with Crippen molar-refractivity contribution in [2.45, 2.75) is 25.9 Å². The van der Waals surface area contributed by atoms with Gasteiger partial charge in [-0.15, -0.1) is 0 Å². The average Bonchev–Trinajstić information content (AvgIpc) is 2.96. The van der Waals surface area contributed by atoms with Crippen LogP contribution in [0.4, 0.5) is 0 Å². The second-order valence-corrected chi connectivity index (χ2v) is 5.30. The molecule has 0 radical (unpaired) electrons. The fourth-order valence-electron chi connectivity index (χ4n) is 2.13. The van der Waals surface area contributed by atoms with Gasteiger partial charge in [0, 0.05) is 11.1 Å². The molecular formula is C16H18ClNO3. The number of esters is 1. The highest BCUT2D eigenvalue weighted by molar-refractivity contribution is 6.30. The molecule has 5 heteroatoms. The van der Waals surface area contributed by atoms with Crippen LogP contribution < -0.4 is 5.32 Å². The van der Waals surface area contributed by atoms with Crippen molar-refractivity contribution in [1.82, 2.24) is 5.32 Å². The van der Waals surface area contributed by atoms with Gasteiger partial charge in [0.2, 0.25) is 5.76 Å². The summed E-state index contributed by atoms with van der Waals surface area (Å²) in [7, 11) is 1.33. The lowest BCUT2D eigenvalue weighted by molar-refractivity contribution is 0.0562. The Labute approximate surface area is 129 Å². The predicted octanol–water partition coefficient (Wildman–Crippen LogP) is 4.13. The van der Waals surface area contributed by atoms with Crippen molar-refractivity contribution < 1.29 is 13.9 Å². The molecule has 0 bridgehead atoms. The maximum Gasteiger partial charge on any atom is 0.373 e. The van der Waals surface area contributed by atoms with Crippen LogP contribution in [-0.2, 0) is 4.74 Å². The number of carbonyl (C=O) groups is 1. The van der Waals surface area contributed by atoms with E-state index >= 15 is 0 Å². The molecule has 1 N–H and O–H groups in total.